The first-order chi connectivity index (χ1) is 10.6. The van der Waals surface area contributed by atoms with Gasteiger partial charge in [-0.25, -0.2) is 0 Å². The third-order valence-electron chi connectivity index (χ3n) is 3.60. The van der Waals surface area contributed by atoms with Crippen molar-refractivity contribution in [2.75, 3.05) is 18.9 Å². The molecule has 118 valence electrons. The number of rotatable bonds is 7. The zero-order valence-electron chi connectivity index (χ0n) is 13.6. The summed E-state index contributed by atoms with van der Waals surface area (Å²) in [5, 5.41) is 0. The Labute approximate surface area is 133 Å². The molecule has 0 aromatic heterocycles. The van der Waals surface area contributed by atoms with E-state index in [0.717, 1.165) is 29.2 Å². The Balaban J connectivity index is 1.73. The number of hydrogen-bond acceptors (Lipinski definition) is 3. The second-order valence-electron chi connectivity index (χ2n) is 5.80. The Bertz CT molecular complexity index is 608. The van der Waals surface area contributed by atoms with Crippen molar-refractivity contribution in [1.82, 2.24) is 0 Å². The topological polar surface area (TPSA) is 44.5 Å². The third-order valence-corrected chi connectivity index (χ3v) is 3.60. The summed E-state index contributed by atoms with van der Waals surface area (Å²) in [4.78, 5) is 0. The molecule has 0 amide bonds. The number of anilines is 1. The average molecular weight is 299 g/mol. The molecule has 0 heterocycles. The molecular weight excluding hydrogens is 274 g/mol. The number of benzene rings is 2. The molecule has 0 fully saturated rings. The van der Waals surface area contributed by atoms with Crippen LogP contribution in [0.25, 0.3) is 0 Å². The fourth-order valence-corrected chi connectivity index (χ4v) is 2.11. The van der Waals surface area contributed by atoms with E-state index in [2.05, 4.69) is 26.0 Å². The first kappa shape index (κ1) is 16.2. The predicted octanol–water partition coefficient (Wildman–Crippen LogP) is 4.55. The van der Waals surface area contributed by atoms with Crippen molar-refractivity contribution in [2.24, 2.45) is 0 Å². The second kappa shape index (κ2) is 7.74. The zero-order valence-corrected chi connectivity index (χ0v) is 13.6. The van der Waals surface area contributed by atoms with Crippen molar-refractivity contribution in [1.29, 1.82) is 0 Å². The average Bonchev–Trinajstić information content (AvgIpc) is 2.50. The van der Waals surface area contributed by atoms with Gasteiger partial charge in [-0.15, -0.1) is 0 Å². The van der Waals surface area contributed by atoms with Gasteiger partial charge in [-0.05, 0) is 42.2 Å². The maximum Gasteiger partial charge on any atom is 0.121 e. The van der Waals surface area contributed by atoms with Gasteiger partial charge in [-0.3, -0.25) is 0 Å². The van der Waals surface area contributed by atoms with E-state index in [-0.39, 0.29) is 0 Å². The first-order valence-corrected chi connectivity index (χ1v) is 7.78. The number of hydrogen-bond donors (Lipinski definition) is 1. The lowest BCUT2D eigenvalue weighted by Gasteiger charge is -2.11. The monoisotopic (exact) mass is 299 g/mol. The summed E-state index contributed by atoms with van der Waals surface area (Å²) in [7, 11) is 0. The normalized spacial score (nSPS) is 10.7. The lowest BCUT2D eigenvalue weighted by atomic mass is 10.0. The molecule has 0 atom stereocenters. The van der Waals surface area contributed by atoms with Gasteiger partial charge in [-0.1, -0.05) is 32.0 Å². The van der Waals surface area contributed by atoms with Crippen molar-refractivity contribution in [3.8, 4) is 11.5 Å². The Hall–Kier alpha value is -2.16. The fourth-order valence-electron chi connectivity index (χ4n) is 2.11. The molecule has 2 aromatic rings. The van der Waals surface area contributed by atoms with Crippen LogP contribution in [0.4, 0.5) is 5.69 Å². The highest BCUT2D eigenvalue weighted by Gasteiger charge is 2.01. The Morgan fingerprint density at radius 2 is 1.64 bits per heavy atom. The summed E-state index contributed by atoms with van der Waals surface area (Å²) in [5.41, 5.74) is 8.99. The molecule has 3 heteroatoms. The molecule has 0 radical (unpaired) electrons. The standard InChI is InChI=1S/C19H25NO2/c1-14(2)16-6-4-7-17(12-16)21-10-5-11-22-18-9-8-15(3)19(20)13-18/h4,6-9,12-14H,5,10-11,20H2,1-3H3. The summed E-state index contributed by atoms with van der Waals surface area (Å²) in [5.74, 6) is 2.24. The lowest BCUT2D eigenvalue weighted by Crippen LogP contribution is -2.05. The van der Waals surface area contributed by atoms with Gasteiger partial charge in [0.2, 0.25) is 0 Å². The molecule has 0 aliphatic heterocycles. The van der Waals surface area contributed by atoms with Crippen LogP contribution in [0.15, 0.2) is 42.5 Å². The molecule has 0 spiro atoms. The van der Waals surface area contributed by atoms with E-state index in [1.54, 1.807) is 0 Å². The zero-order chi connectivity index (χ0) is 15.9. The fraction of sp³-hybridized carbons (Fsp3) is 0.368. The minimum absolute atomic E-state index is 0.513. The lowest BCUT2D eigenvalue weighted by molar-refractivity contribution is 0.247. The van der Waals surface area contributed by atoms with Crippen LogP contribution in [0.2, 0.25) is 0 Å². The van der Waals surface area contributed by atoms with E-state index < -0.39 is 0 Å². The van der Waals surface area contributed by atoms with Gasteiger partial charge in [-0.2, -0.15) is 0 Å². The number of nitrogen functional groups attached to an aromatic ring is 1. The number of aryl methyl sites for hydroxylation is 1. The molecule has 0 aliphatic rings. The van der Waals surface area contributed by atoms with Gasteiger partial charge in [0.15, 0.2) is 0 Å². The summed E-state index contributed by atoms with van der Waals surface area (Å²) >= 11 is 0. The summed E-state index contributed by atoms with van der Waals surface area (Å²) in [6.07, 6.45) is 0.833. The molecule has 2 N–H and O–H groups in total. The van der Waals surface area contributed by atoms with E-state index >= 15 is 0 Å². The van der Waals surface area contributed by atoms with Crippen LogP contribution in [-0.2, 0) is 0 Å². The minimum atomic E-state index is 0.513. The van der Waals surface area contributed by atoms with Crippen LogP contribution in [0.1, 0.15) is 37.3 Å². The second-order valence-corrected chi connectivity index (χ2v) is 5.80. The maximum atomic E-state index is 5.86. The summed E-state index contributed by atoms with van der Waals surface area (Å²) in [6, 6.07) is 14.0. The summed E-state index contributed by atoms with van der Waals surface area (Å²) < 4.78 is 11.5. The van der Waals surface area contributed by atoms with Crippen molar-refractivity contribution < 1.29 is 9.47 Å². The molecule has 22 heavy (non-hydrogen) atoms. The molecule has 0 unspecified atom stereocenters. The Morgan fingerprint density at radius 1 is 0.955 bits per heavy atom. The maximum absolute atomic E-state index is 5.86. The molecule has 0 saturated carbocycles. The highest BCUT2D eigenvalue weighted by Crippen LogP contribution is 2.21. The van der Waals surface area contributed by atoms with Crippen LogP contribution in [0, 0.1) is 6.92 Å². The Kier molecular flexibility index (Phi) is 5.70. The van der Waals surface area contributed by atoms with Crippen molar-refractivity contribution >= 4 is 5.69 Å². The van der Waals surface area contributed by atoms with Crippen LogP contribution in [-0.4, -0.2) is 13.2 Å². The van der Waals surface area contributed by atoms with Crippen molar-refractivity contribution in [3.05, 3.63) is 53.6 Å². The van der Waals surface area contributed by atoms with Gasteiger partial charge in [0.25, 0.3) is 0 Å². The van der Waals surface area contributed by atoms with E-state index in [9.17, 15) is 0 Å². The van der Waals surface area contributed by atoms with Crippen LogP contribution in [0.5, 0.6) is 11.5 Å². The third kappa shape index (κ3) is 4.69. The number of ether oxygens (including phenoxy) is 2. The van der Waals surface area contributed by atoms with Gasteiger partial charge in [0.05, 0.1) is 13.2 Å². The number of nitrogens with two attached hydrogens (primary N) is 1. The first-order valence-electron chi connectivity index (χ1n) is 7.78. The van der Waals surface area contributed by atoms with Gasteiger partial charge in [0.1, 0.15) is 11.5 Å². The smallest absolute Gasteiger partial charge is 0.121 e. The van der Waals surface area contributed by atoms with Gasteiger partial charge >= 0.3 is 0 Å². The Morgan fingerprint density at radius 3 is 2.27 bits per heavy atom. The van der Waals surface area contributed by atoms with Crippen LogP contribution < -0.4 is 15.2 Å². The minimum Gasteiger partial charge on any atom is -0.493 e. The SMILES string of the molecule is Cc1ccc(OCCCOc2cccc(C(C)C)c2)cc1N. The molecule has 2 rings (SSSR count). The van der Waals surface area contributed by atoms with Crippen molar-refractivity contribution in [2.45, 2.75) is 33.1 Å². The van der Waals surface area contributed by atoms with Crippen molar-refractivity contribution in [3.63, 3.8) is 0 Å². The highest BCUT2D eigenvalue weighted by molar-refractivity contribution is 5.50. The van der Waals surface area contributed by atoms with Gasteiger partial charge in [0, 0.05) is 18.2 Å². The van der Waals surface area contributed by atoms with Gasteiger partial charge < -0.3 is 15.2 Å². The molecule has 0 bridgehead atoms. The molecule has 0 saturated heterocycles. The quantitative estimate of drug-likeness (QED) is 0.602. The highest BCUT2D eigenvalue weighted by atomic mass is 16.5. The molecule has 3 nitrogen and oxygen atoms in total. The molecule has 2 aromatic carbocycles. The van der Waals surface area contributed by atoms with E-state index in [1.807, 2.05) is 37.3 Å². The predicted molar refractivity (Wildman–Crippen MR) is 91.7 cm³/mol. The summed E-state index contributed by atoms with van der Waals surface area (Å²) in [6.45, 7) is 7.61. The van der Waals surface area contributed by atoms with E-state index in [4.69, 9.17) is 15.2 Å². The van der Waals surface area contributed by atoms with E-state index in [0.29, 0.717) is 19.1 Å². The van der Waals surface area contributed by atoms with Crippen LogP contribution >= 0.6 is 0 Å². The molecular formula is C19H25NO2. The van der Waals surface area contributed by atoms with E-state index in [1.165, 1.54) is 5.56 Å². The largest absolute Gasteiger partial charge is 0.493 e. The van der Waals surface area contributed by atoms with Crippen LogP contribution in [0.3, 0.4) is 0 Å². The molecule has 0 aliphatic carbocycles.